The van der Waals surface area contributed by atoms with Crippen molar-refractivity contribution in [2.24, 2.45) is 5.73 Å². The molecular weight excluding hydrogens is 218 g/mol. The number of benzene rings is 1. The molecule has 1 aliphatic heterocycles. The van der Waals surface area contributed by atoms with Gasteiger partial charge in [0, 0.05) is 36.8 Å². The van der Waals surface area contributed by atoms with Crippen molar-refractivity contribution in [3.63, 3.8) is 0 Å². The first-order chi connectivity index (χ1) is 8.09. The highest BCUT2D eigenvalue weighted by molar-refractivity contribution is 5.39. The van der Waals surface area contributed by atoms with Crippen molar-refractivity contribution < 1.29 is 4.92 Å². The van der Waals surface area contributed by atoms with E-state index >= 15 is 0 Å². The molecule has 2 atom stereocenters. The second-order valence-corrected chi connectivity index (χ2v) is 4.55. The van der Waals surface area contributed by atoms with Crippen LogP contribution in [0.3, 0.4) is 0 Å². The van der Waals surface area contributed by atoms with Gasteiger partial charge in [0.05, 0.1) is 4.92 Å². The molecule has 1 saturated heterocycles. The quantitative estimate of drug-likeness (QED) is 0.636. The topological polar surface area (TPSA) is 72.4 Å². The number of hydrogen-bond acceptors (Lipinski definition) is 4. The molecule has 2 unspecified atom stereocenters. The van der Waals surface area contributed by atoms with Crippen LogP contribution >= 0.6 is 0 Å². The van der Waals surface area contributed by atoms with Gasteiger partial charge in [0.15, 0.2) is 0 Å². The zero-order valence-corrected chi connectivity index (χ0v) is 9.87. The van der Waals surface area contributed by atoms with Crippen LogP contribution in [0.25, 0.3) is 0 Å². The fourth-order valence-electron chi connectivity index (χ4n) is 2.30. The highest BCUT2D eigenvalue weighted by atomic mass is 16.6. The average molecular weight is 235 g/mol. The Morgan fingerprint density at radius 2 is 2.24 bits per heavy atom. The number of para-hydroxylation sites is 1. The fraction of sp³-hybridized carbons (Fsp3) is 0.500. The maximum atomic E-state index is 10.9. The van der Waals surface area contributed by atoms with Gasteiger partial charge in [0.25, 0.3) is 5.69 Å². The van der Waals surface area contributed by atoms with E-state index in [9.17, 15) is 10.1 Å². The Labute approximate surface area is 100 Å². The summed E-state index contributed by atoms with van der Waals surface area (Å²) in [7, 11) is 0. The Hall–Kier alpha value is -1.46. The van der Waals surface area contributed by atoms with Gasteiger partial charge in [-0.3, -0.25) is 15.0 Å². The lowest BCUT2D eigenvalue weighted by molar-refractivity contribution is -0.385. The van der Waals surface area contributed by atoms with Gasteiger partial charge in [-0.15, -0.1) is 0 Å². The van der Waals surface area contributed by atoms with Crippen LogP contribution < -0.4 is 5.73 Å². The first-order valence-electron chi connectivity index (χ1n) is 5.81. The van der Waals surface area contributed by atoms with Gasteiger partial charge in [-0.1, -0.05) is 18.2 Å². The van der Waals surface area contributed by atoms with Crippen molar-refractivity contribution in [1.82, 2.24) is 4.90 Å². The van der Waals surface area contributed by atoms with E-state index in [0.717, 1.165) is 18.5 Å². The molecule has 1 aromatic carbocycles. The van der Waals surface area contributed by atoms with Crippen molar-refractivity contribution in [1.29, 1.82) is 0 Å². The van der Waals surface area contributed by atoms with Gasteiger partial charge in [-0.25, -0.2) is 0 Å². The molecule has 1 aliphatic rings. The third kappa shape index (κ3) is 2.45. The third-order valence-electron chi connectivity index (χ3n) is 3.51. The fourth-order valence-corrected chi connectivity index (χ4v) is 2.30. The summed E-state index contributed by atoms with van der Waals surface area (Å²) in [6.45, 7) is 3.59. The molecule has 0 amide bonds. The van der Waals surface area contributed by atoms with Crippen LogP contribution in [0.1, 0.15) is 18.9 Å². The predicted octanol–water partition coefficient (Wildman–Crippen LogP) is 1.52. The molecule has 1 heterocycles. The molecule has 5 nitrogen and oxygen atoms in total. The maximum Gasteiger partial charge on any atom is 0.273 e. The minimum atomic E-state index is -0.323. The van der Waals surface area contributed by atoms with Crippen LogP contribution in [0.5, 0.6) is 0 Å². The molecule has 2 rings (SSSR count). The lowest BCUT2D eigenvalue weighted by Crippen LogP contribution is -2.36. The van der Waals surface area contributed by atoms with Crippen LogP contribution in [-0.4, -0.2) is 28.5 Å². The molecule has 0 aromatic heterocycles. The van der Waals surface area contributed by atoms with E-state index in [1.807, 2.05) is 12.1 Å². The van der Waals surface area contributed by atoms with Crippen molar-refractivity contribution in [2.45, 2.75) is 32.0 Å². The van der Waals surface area contributed by atoms with Gasteiger partial charge >= 0.3 is 0 Å². The predicted molar refractivity (Wildman–Crippen MR) is 65.6 cm³/mol. The molecule has 0 bridgehead atoms. The standard InChI is InChI=1S/C12H17N3O2/c1-9-11(13)6-7-14(9)8-10-4-2-3-5-12(10)15(16)17/h2-5,9,11H,6-8,13H2,1H3. The molecule has 17 heavy (non-hydrogen) atoms. The van der Waals surface area contributed by atoms with Crippen LogP contribution in [-0.2, 0) is 6.54 Å². The summed E-state index contributed by atoms with van der Waals surface area (Å²) >= 11 is 0. The van der Waals surface area contributed by atoms with E-state index in [-0.39, 0.29) is 22.7 Å². The molecule has 0 spiro atoms. The van der Waals surface area contributed by atoms with E-state index in [0.29, 0.717) is 6.54 Å². The SMILES string of the molecule is CC1C(N)CCN1Cc1ccccc1[N+](=O)[O-]. The highest BCUT2D eigenvalue weighted by Crippen LogP contribution is 2.24. The summed E-state index contributed by atoms with van der Waals surface area (Å²) in [4.78, 5) is 12.8. The summed E-state index contributed by atoms with van der Waals surface area (Å²) in [6.07, 6.45) is 0.960. The van der Waals surface area contributed by atoms with Gasteiger partial charge in [-0.05, 0) is 13.3 Å². The van der Waals surface area contributed by atoms with Gasteiger partial charge in [0.1, 0.15) is 0 Å². The molecule has 1 fully saturated rings. The summed E-state index contributed by atoms with van der Waals surface area (Å²) < 4.78 is 0. The summed E-state index contributed by atoms with van der Waals surface area (Å²) in [6, 6.07) is 7.36. The number of nitrogens with two attached hydrogens (primary N) is 1. The van der Waals surface area contributed by atoms with E-state index in [2.05, 4.69) is 11.8 Å². The number of nitro benzene ring substituents is 1. The molecule has 0 saturated carbocycles. The zero-order chi connectivity index (χ0) is 12.4. The van der Waals surface area contributed by atoms with E-state index in [1.165, 1.54) is 0 Å². The Morgan fingerprint density at radius 3 is 2.82 bits per heavy atom. The van der Waals surface area contributed by atoms with Crippen molar-refractivity contribution in [3.8, 4) is 0 Å². The maximum absolute atomic E-state index is 10.9. The molecule has 0 aliphatic carbocycles. The lowest BCUT2D eigenvalue weighted by atomic mass is 10.1. The largest absolute Gasteiger partial charge is 0.326 e. The molecule has 0 radical (unpaired) electrons. The first-order valence-corrected chi connectivity index (χ1v) is 5.81. The minimum absolute atomic E-state index is 0.178. The number of likely N-dealkylation sites (tertiary alicyclic amines) is 1. The Bertz CT molecular complexity index is 422. The number of rotatable bonds is 3. The number of hydrogen-bond donors (Lipinski definition) is 1. The van der Waals surface area contributed by atoms with Crippen LogP contribution in [0.15, 0.2) is 24.3 Å². The normalized spacial score (nSPS) is 25.1. The third-order valence-corrected chi connectivity index (χ3v) is 3.51. The summed E-state index contributed by atoms with van der Waals surface area (Å²) in [5.41, 5.74) is 6.90. The van der Waals surface area contributed by atoms with Crippen LogP contribution in [0.2, 0.25) is 0 Å². The van der Waals surface area contributed by atoms with E-state index < -0.39 is 0 Å². The first kappa shape index (κ1) is 12.0. The second-order valence-electron chi connectivity index (χ2n) is 4.55. The lowest BCUT2D eigenvalue weighted by Gasteiger charge is -2.22. The van der Waals surface area contributed by atoms with Crippen LogP contribution in [0, 0.1) is 10.1 Å². The average Bonchev–Trinajstić information content (AvgIpc) is 2.61. The summed E-state index contributed by atoms with van der Waals surface area (Å²) in [5, 5.41) is 10.9. The van der Waals surface area contributed by atoms with E-state index in [4.69, 9.17) is 5.73 Å². The Balaban J connectivity index is 2.16. The molecular formula is C12H17N3O2. The second kappa shape index (κ2) is 4.81. The zero-order valence-electron chi connectivity index (χ0n) is 9.87. The van der Waals surface area contributed by atoms with Crippen LogP contribution in [0.4, 0.5) is 5.69 Å². The minimum Gasteiger partial charge on any atom is -0.326 e. The van der Waals surface area contributed by atoms with Gasteiger partial charge < -0.3 is 5.73 Å². The molecule has 92 valence electrons. The monoisotopic (exact) mass is 235 g/mol. The Kier molecular flexibility index (Phi) is 3.40. The number of nitro groups is 1. The molecule has 2 N–H and O–H groups in total. The van der Waals surface area contributed by atoms with Gasteiger partial charge in [-0.2, -0.15) is 0 Å². The van der Waals surface area contributed by atoms with Gasteiger partial charge in [0.2, 0.25) is 0 Å². The smallest absolute Gasteiger partial charge is 0.273 e. The Morgan fingerprint density at radius 1 is 1.53 bits per heavy atom. The van der Waals surface area contributed by atoms with Crippen molar-refractivity contribution in [3.05, 3.63) is 39.9 Å². The number of nitrogens with zero attached hydrogens (tertiary/aromatic N) is 2. The van der Waals surface area contributed by atoms with Crippen molar-refractivity contribution >= 4 is 5.69 Å². The summed E-state index contributed by atoms with van der Waals surface area (Å²) in [5.74, 6) is 0. The highest BCUT2D eigenvalue weighted by Gasteiger charge is 2.29. The molecule has 1 aromatic rings. The van der Waals surface area contributed by atoms with E-state index in [1.54, 1.807) is 12.1 Å². The van der Waals surface area contributed by atoms with Crippen molar-refractivity contribution in [2.75, 3.05) is 6.54 Å². The molecule has 5 heteroatoms.